The first-order chi connectivity index (χ1) is 12.9. The highest BCUT2D eigenvalue weighted by Crippen LogP contribution is 2.38. The van der Waals surface area contributed by atoms with Gasteiger partial charge in [-0.15, -0.1) is 0 Å². The van der Waals surface area contributed by atoms with Crippen LogP contribution in [0.3, 0.4) is 0 Å². The van der Waals surface area contributed by atoms with Crippen molar-refractivity contribution in [1.29, 1.82) is 0 Å². The minimum absolute atomic E-state index is 0.0281. The molecular formula is C19H22F3N3O2. The normalized spacial score (nSPS) is 15.4. The van der Waals surface area contributed by atoms with E-state index in [1.165, 1.54) is 19.1 Å². The molecule has 0 saturated heterocycles. The fourth-order valence-electron chi connectivity index (χ4n) is 3.14. The molecule has 1 fully saturated rings. The van der Waals surface area contributed by atoms with Gasteiger partial charge in [0.25, 0.3) is 0 Å². The maximum absolute atomic E-state index is 13.5. The number of ether oxygens (including phenoxy) is 2. The lowest BCUT2D eigenvalue weighted by atomic mass is 9.98. The van der Waals surface area contributed by atoms with Crippen LogP contribution in [0.25, 0.3) is 0 Å². The van der Waals surface area contributed by atoms with Crippen molar-refractivity contribution in [3.63, 3.8) is 0 Å². The summed E-state index contributed by atoms with van der Waals surface area (Å²) in [7, 11) is 3.03. The van der Waals surface area contributed by atoms with E-state index in [1.807, 2.05) is 0 Å². The first kappa shape index (κ1) is 19.3. The second kappa shape index (κ2) is 8.02. The van der Waals surface area contributed by atoms with Crippen molar-refractivity contribution < 1.29 is 22.6 Å². The number of methoxy groups -OCH3 is 1. The van der Waals surface area contributed by atoms with Gasteiger partial charge in [0.2, 0.25) is 0 Å². The van der Waals surface area contributed by atoms with Crippen LogP contribution < -0.4 is 14.4 Å². The molecule has 0 aliphatic heterocycles. The maximum Gasteiger partial charge on any atom is 0.421 e. The molecule has 146 valence electrons. The predicted molar refractivity (Wildman–Crippen MR) is 95.6 cm³/mol. The Morgan fingerprint density at radius 2 is 1.89 bits per heavy atom. The topological polar surface area (TPSA) is 47.5 Å². The number of rotatable bonds is 5. The Morgan fingerprint density at radius 1 is 1.15 bits per heavy atom. The highest BCUT2D eigenvalue weighted by molar-refractivity contribution is 5.64. The van der Waals surface area contributed by atoms with E-state index in [0.717, 1.165) is 38.3 Å². The molecule has 1 aromatic carbocycles. The summed E-state index contributed by atoms with van der Waals surface area (Å²) in [4.78, 5) is 9.26. The van der Waals surface area contributed by atoms with Crippen LogP contribution >= 0.6 is 0 Å². The van der Waals surface area contributed by atoms with Gasteiger partial charge in [-0.25, -0.2) is 4.98 Å². The second-order valence-electron chi connectivity index (χ2n) is 6.53. The van der Waals surface area contributed by atoms with E-state index >= 15 is 0 Å². The number of hydrogen-bond acceptors (Lipinski definition) is 5. The Balaban J connectivity index is 1.95. The largest absolute Gasteiger partial charge is 0.497 e. The fraction of sp³-hybridized carbons (Fsp3) is 0.474. The van der Waals surface area contributed by atoms with Crippen molar-refractivity contribution >= 4 is 11.5 Å². The molecule has 2 aromatic rings. The molecule has 5 nitrogen and oxygen atoms in total. The molecule has 8 heteroatoms. The average molecular weight is 381 g/mol. The van der Waals surface area contributed by atoms with Gasteiger partial charge in [-0.1, -0.05) is 12.5 Å². The third-order valence-corrected chi connectivity index (χ3v) is 4.63. The first-order valence-corrected chi connectivity index (χ1v) is 8.87. The molecule has 1 aliphatic carbocycles. The van der Waals surface area contributed by atoms with Gasteiger partial charge in [0.1, 0.15) is 17.4 Å². The van der Waals surface area contributed by atoms with Crippen molar-refractivity contribution in [3.8, 4) is 11.8 Å². The summed E-state index contributed by atoms with van der Waals surface area (Å²) < 4.78 is 51.4. The van der Waals surface area contributed by atoms with E-state index in [1.54, 1.807) is 24.3 Å². The third kappa shape index (κ3) is 4.61. The molecule has 0 spiro atoms. The van der Waals surface area contributed by atoms with Crippen molar-refractivity contribution in [2.45, 2.75) is 44.4 Å². The van der Waals surface area contributed by atoms with Gasteiger partial charge in [0.05, 0.1) is 7.11 Å². The van der Waals surface area contributed by atoms with Crippen LogP contribution in [0.1, 0.15) is 37.7 Å². The molecule has 0 N–H and O–H groups in total. The first-order valence-electron chi connectivity index (χ1n) is 8.87. The monoisotopic (exact) mass is 381 g/mol. The lowest BCUT2D eigenvalue weighted by molar-refractivity contribution is -0.137. The van der Waals surface area contributed by atoms with Crippen LogP contribution in [0.15, 0.2) is 30.5 Å². The number of nitrogens with zero attached hydrogens (tertiary/aromatic N) is 3. The van der Waals surface area contributed by atoms with Crippen LogP contribution in [0, 0.1) is 0 Å². The Kier molecular flexibility index (Phi) is 5.72. The van der Waals surface area contributed by atoms with E-state index in [9.17, 15) is 13.2 Å². The number of halogens is 3. The van der Waals surface area contributed by atoms with Crippen LogP contribution in [0.5, 0.6) is 11.8 Å². The number of hydrogen-bond donors (Lipinski definition) is 0. The van der Waals surface area contributed by atoms with Crippen LogP contribution in [0.2, 0.25) is 0 Å². The lowest BCUT2D eigenvalue weighted by Gasteiger charge is -2.25. The molecule has 0 bridgehead atoms. The minimum atomic E-state index is -4.58. The molecule has 27 heavy (non-hydrogen) atoms. The fourth-order valence-corrected chi connectivity index (χ4v) is 3.14. The number of alkyl halides is 3. The summed E-state index contributed by atoms with van der Waals surface area (Å²) in [6.45, 7) is 0. The van der Waals surface area contributed by atoms with Crippen molar-refractivity contribution in [2.75, 3.05) is 19.1 Å². The highest BCUT2D eigenvalue weighted by atomic mass is 19.4. The molecule has 1 saturated carbocycles. The Labute approximate surface area is 156 Å². The Hall–Kier alpha value is -2.51. The van der Waals surface area contributed by atoms with Gasteiger partial charge >= 0.3 is 12.2 Å². The third-order valence-electron chi connectivity index (χ3n) is 4.63. The summed E-state index contributed by atoms with van der Waals surface area (Å²) in [6.07, 6.45) is 1.13. The summed E-state index contributed by atoms with van der Waals surface area (Å²) in [6, 6.07) is 6.73. The zero-order valence-electron chi connectivity index (χ0n) is 15.3. The molecule has 0 amide bonds. The quantitative estimate of drug-likeness (QED) is 0.731. The Morgan fingerprint density at radius 3 is 2.56 bits per heavy atom. The Bertz CT molecular complexity index is 777. The average Bonchev–Trinajstić information content (AvgIpc) is 2.67. The van der Waals surface area contributed by atoms with Gasteiger partial charge in [-0.05, 0) is 37.8 Å². The number of benzene rings is 1. The maximum atomic E-state index is 13.5. The lowest BCUT2D eigenvalue weighted by Crippen LogP contribution is -2.23. The predicted octanol–water partition coefficient (Wildman–Crippen LogP) is 4.98. The van der Waals surface area contributed by atoms with Gasteiger partial charge in [0, 0.05) is 25.0 Å². The smallest absolute Gasteiger partial charge is 0.421 e. The highest BCUT2D eigenvalue weighted by Gasteiger charge is 2.37. The van der Waals surface area contributed by atoms with E-state index in [-0.39, 0.29) is 17.9 Å². The standard InChI is InChI=1S/C19H22F3N3O2/c1-25(13-7-6-10-15(11-13)26-2)17-16(19(20,21)22)12-23-18(24-17)27-14-8-4-3-5-9-14/h6-7,10-12,14H,3-5,8-9H2,1-2H3. The molecule has 1 aliphatic rings. The summed E-state index contributed by atoms with van der Waals surface area (Å²) in [5, 5.41) is 0. The van der Waals surface area contributed by atoms with Gasteiger partial charge in [0.15, 0.2) is 5.82 Å². The van der Waals surface area contributed by atoms with Crippen molar-refractivity contribution in [2.24, 2.45) is 0 Å². The zero-order valence-corrected chi connectivity index (χ0v) is 15.3. The molecule has 1 aromatic heterocycles. The number of anilines is 2. The van der Waals surface area contributed by atoms with E-state index in [2.05, 4.69) is 9.97 Å². The van der Waals surface area contributed by atoms with E-state index < -0.39 is 11.7 Å². The van der Waals surface area contributed by atoms with Gasteiger partial charge < -0.3 is 14.4 Å². The summed E-state index contributed by atoms with van der Waals surface area (Å²) in [5.41, 5.74) is -0.397. The zero-order chi connectivity index (χ0) is 19.4. The van der Waals surface area contributed by atoms with Crippen molar-refractivity contribution in [3.05, 3.63) is 36.0 Å². The van der Waals surface area contributed by atoms with Gasteiger partial charge in [-0.2, -0.15) is 18.2 Å². The minimum Gasteiger partial charge on any atom is -0.497 e. The van der Waals surface area contributed by atoms with Crippen molar-refractivity contribution in [1.82, 2.24) is 9.97 Å². The van der Waals surface area contributed by atoms with E-state index in [0.29, 0.717) is 11.4 Å². The molecule has 0 atom stereocenters. The molecule has 3 rings (SSSR count). The van der Waals surface area contributed by atoms with Crippen LogP contribution in [-0.4, -0.2) is 30.2 Å². The van der Waals surface area contributed by atoms with Crippen LogP contribution in [-0.2, 0) is 6.18 Å². The summed E-state index contributed by atoms with van der Waals surface area (Å²) >= 11 is 0. The van der Waals surface area contributed by atoms with Gasteiger partial charge in [-0.3, -0.25) is 0 Å². The summed E-state index contributed by atoms with van der Waals surface area (Å²) in [5.74, 6) is 0.289. The molecule has 0 radical (unpaired) electrons. The molecule has 0 unspecified atom stereocenters. The van der Waals surface area contributed by atoms with Crippen LogP contribution in [0.4, 0.5) is 24.7 Å². The molecular weight excluding hydrogens is 359 g/mol. The second-order valence-corrected chi connectivity index (χ2v) is 6.53. The number of aromatic nitrogens is 2. The van der Waals surface area contributed by atoms with E-state index in [4.69, 9.17) is 9.47 Å². The molecule has 1 heterocycles. The SMILES string of the molecule is COc1cccc(N(C)c2nc(OC3CCCCC3)ncc2C(F)(F)F)c1.